The summed E-state index contributed by atoms with van der Waals surface area (Å²) in [5.74, 6) is 0.916. The molecule has 1 aliphatic rings. The molecule has 0 spiro atoms. The van der Waals surface area contributed by atoms with Gasteiger partial charge in [-0.1, -0.05) is 0 Å². The average molecular weight is 307 g/mol. The summed E-state index contributed by atoms with van der Waals surface area (Å²) in [5, 5.41) is 7.99. The molecule has 1 fully saturated rings. The molecule has 0 radical (unpaired) electrons. The molecule has 3 rings (SSSR count). The molecule has 0 bridgehead atoms. The Balaban J connectivity index is 1.85. The quantitative estimate of drug-likeness (QED) is 0.837. The van der Waals surface area contributed by atoms with Gasteiger partial charge in [-0.05, 0) is 25.0 Å². The van der Waals surface area contributed by atoms with Crippen molar-refractivity contribution >= 4 is 10.0 Å². The third-order valence-electron chi connectivity index (χ3n) is 3.77. The lowest BCUT2D eigenvalue weighted by atomic mass is 9.99. The molecule has 1 aliphatic heterocycles. The number of aromatic nitrogens is 4. The van der Waals surface area contributed by atoms with Crippen molar-refractivity contribution < 1.29 is 8.42 Å². The van der Waals surface area contributed by atoms with Gasteiger partial charge in [0.05, 0.1) is 0 Å². The lowest BCUT2D eigenvalue weighted by Gasteiger charge is -2.31. The Morgan fingerprint density at radius 3 is 2.90 bits per heavy atom. The number of piperidine rings is 1. The van der Waals surface area contributed by atoms with Crippen molar-refractivity contribution in [1.82, 2.24) is 24.1 Å². The van der Waals surface area contributed by atoms with E-state index in [0.717, 1.165) is 18.7 Å². The van der Waals surface area contributed by atoms with E-state index in [0.29, 0.717) is 13.1 Å². The number of aryl methyl sites for hydroxylation is 1. The summed E-state index contributed by atoms with van der Waals surface area (Å²) in [4.78, 5) is 4.14. The molecule has 0 amide bonds. The number of hydrogen-bond acceptors (Lipinski definition) is 5. The van der Waals surface area contributed by atoms with E-state index in [-0.39, 0.29) is 10.8 Å². The zero-order valence-corrected chi connectivity index (χ0v) is 12.6. The highest BCUT2D eigenvalue weighted by Crippen LogP contribution is 2.28. The van der Waals surface area contributed by atoms with Crippen LogP contribution in [0.2, 0.25) is 0 Å². The predicted molar refractivity (Wildman–Crippen MR) is 76.0 cm³/mol. The van der Waals surface area contributed by atoms with E-state index in [9.17, 15) is 8.42 Å². The Morgan fingerprint density at radius 2 is 2.24 bits per heavy atom. The van der Waals surface area contributed by atoms with Gasteiger partial charge in [-0.3, -0.25) is 4.98 Å². The van der Waals surface area contributed by atoms with Crippen LogP contribution in [-0.2, 0) is 17.1 Å². The Kier molecular flexibility index (Phi) is 3.73. The van der Waals surface area contributed by atoms with Crippen LogP contribution in [0, 0.1) is 0 Å². The van der Waals surface area contributed by atoms with E-state index in [2.05, 4.69) is 15.2 Å². The minimum Gasteiger partial charge on any atom is -0.320 e. The number of pyridine rings is 1. The van der Waals surface area contributed by atoms with Crippen LogP contribution in [0.25, 0.3) is 0 Å². The lowest BCUT2D eigenvalue weighted by Crippen LogP contribution is -2.39. The Bertz CT molecular complexity index is 713. The molecular formula is C13H17N5O2S. The van der Waals surface area contributed by atoms with E-state index in [1.807, 2.05) is 11.6 Å². The average Bonchev–Trinajstić information content (AvgIpc) is 2.94. The standard InChI is InChI=1S/C13H17N5O2S/c1-17-10-15-16-13(17)11-4-3-7-18(9-11)21(19,20)12-5-2-6-14-8-12/h2,5-6,8,10-11H,3-4,7,9H2,1H3/t11-/m1/s1. The topological polar surface area (TPSA) is 81.0 Å². The second kappa shape index (κ2) is 5.53. The van der Waals surface area contributed by atoms with Gasteiger partial charge in [-0.2, -0.15) is 4.31 Å². The maximum atomic E-state index is 12.6. The zero-order chi connectivity index (χ0) is 14.9. The summed E-state index contributed by atoms with van der Waals surface area (Å²) in [5.41, 5.74) is 0. The largest absolute Gasteiger partial charge is 0.320 e. The van der Waals surface area contributed by atoms with Crippen LogP contribution in [-0.4, -0.2) is 45.6 Å². The molecule has 0 saturated carbocycles. The lowest BCUT2D eigenvalue weighted by molar-refractivity contribution is 0.306. The first-order chi connectivity index (χ1) is 10.1. The molecule has 3 heterocycles. The third-order valence-corrected chi connectivity index (χ3v) is 5.62. The molecule has 0 aromatic carbocycles. The van der Waals surface area contributed by atoms with Crippen LogP contribution in [0.15, 0.2) is 35.7 Å². The summed E-state index contributed by atoms with van der Waals surface area (Å²) in [6.45, 7) is 0.968. The molecule has 1 saturated heterocycles. The van der Waals surface area contributed by atoms with Crippen LogP contribution in [0.5, 0.6) is 0 Å². The molecule has 8 heteroatoms. The first-order valence-electron chi connectivity index (χ1n) is 6.83. The number of nitrogens with zero attached hydrogens (tertiary/aromatic N) is 5. The smallest absolute Gasteiger partial charge is 0.244 e. The first kappa shape index (κ1) is 14.2. The number of hydrogen-bond donors (Lipinski definition) is 0. The van der Waals surface area contributed by atoms with Gasteiger partial charge in [0.25, 0.3) is 0 Å². The van der Waals surface area contributed by atoms with E-state index < -0.39 is 10.0 Å². The fraction of sp³-hybridized carbons (Fsp3) is 0.462. The second-order valence-corrected chi connectivity index (χ2v) is 7.13. The van der Waals surface area contributed by atoms with Crippen molar-refractivity contribution in [2.75, 3.05) is 13.1 Å². The summed E-state index contributed by atoms with van der Waals surface area (Å²) in [6.07, 6.45) is 6.34. The van der Waals surface area contributed by atoms with Crippen molar-refractivity contribution in [3.05, 3.63) is 36.7 Å². The Hall–Kier alpha value is -1.80. The molecular weight excluding hydrogens is 290 g/mol. The van der Waals surface area contributed by atoms with Crippen molar-refractivity contribution in [3.63, 3.8) is 0 Å². The predicted octanol–water partition coefficient (Wildman–Crippen LogP) is 0.778. The zero-order valence-electron chi connectivity index (χ0n) is 11.8. The minimum atomic E-state index is -3.49. The van der Waals surface area contributed by atoms with Crippen molar-refractivity contribution in [3.8, 4) is 0 Å². The molecule has 112 valence electrons. The van der Waals surface area contributed by atoms with E-state index in [1.165, 1.54) is 10.5 Å². The van der Waals surface area contributed by atoms with Crippen molar-refractivity contribution in [2.45, 2.75) is 23.7 Å². The molecule has 0 aliphatic carbocycles. The molecule has 2 aromatic heterocycles. The molecule has 0 unspecified atom stereocenters. The van der Waals surface area contributed by atoms with Gasteiger partial charge < -0.3 is 4.57 Å². The van der Waals surface area contributed by atoms with Crippen molar-refractivity contribution in [1.29, 1.82) is 0 Å². The first-order valence-corrected chi connectivity index (χ1v) is 8.27. The van der Waals surface area contributed by atoms with Crippen LogP contribution >= 0.6 is 0 Å². The summed E-state index contributed by atoms with van der Waals surface area (Å²) < 4.78 is 28.6. The second-order valence-electron chi connectivity index (χ2n) is 5.19. The molecule has 2 aromatic rings. The van der Waals surface area contributed by atoms with Gasteiger partial charge in [0, 0.05) is 38.4 Å². The van der Waals surface area contributed by atoms with E-state index in [4.69, 9.17) is 0 Å². The maximum absolute atomic E-state index is 12.6. The van der Waals surface area contributed by atoms with Gasteiger partial charge in [0.2, 0.25) is 10.0 Å². The third kappa shape index (κ3) is 2.68. The summed E-state index contributed by atoms with van der Waals surface area (Å²) in [6, 6.07) is 3.21. The van der Waals surface area contributed by atoms with Crippen LogP contribution in [0.3, 0.4) is 0 Å². The van der Waals surface area contributed by atoms with Gasteiger partial charge >= 0.3 is 0 Å². The van der Waals surface area contributed by atoms with E-state index in [1.54, 1.807) is 24.7 Å². The Morgan fingerprint density at radius 1 is 1.38 bits per heavy atom. The highest BCUT2D eigenvalue weighted by atomic mass is 32.2. The maximum Gasteiger partial charge on any atom is 0.244 e. The van der Waals surface area contributed by atoms with Gasteiger partial charge in [0.15, 0.2) is 0 Å². The summed E-state index contributed by atoms with van der Waals surface area (Å²) in [7, 11) is -1.61. The fourth-order valence-corrected chi connectivity index (χ4v) is 4.17. The minimum absolute atomic E-state index is 0.0812. The monoisotopic (exact) mass is 307 g/mol. The van der Waals surface area contributed by atoms with Gasteiger partial charge in [-0.15, -0.1) is 10.2 Å². The molecule has 21 heavy (non-hydrogen) atoms. The van der Waals surface area contributed by atoms with Crippen LogP contribution in [0.4, 0.5) is 0 Å². The molecule has 1 atom stereocenters. The SMILES string of the molecule is Cn1cnnc1[C@@H]1CCCN(S(=O)(=O)c2cccnc2)C1. The van der Waals surface area contributed by atoms with E-state index >= 15 is 0 Å². The highest BCUT2D eigenvalue weighted by molar-refractivity contribution is 7.89. The highest BCUT2D eigenvalue weighted by Gasteiger charge is 2.32. The van der Waals surface area contributed by atoms with Gasteiger partial charge in [-0.25, -0.2) is 8.42 Å². The fourth-order valence-electron chi connectivity index (χ4n) is 2.68. The van der Waals surface area contributed by atoms with Gasteiger partial charge in [0.1, 0.15) is 17.0 Å². The molecule has 0 N–H and O–H groups in total. The van der Waals surface area contributed by atoms with Crippen LogP contribution < -0.4 is 0 Å². The number of sulfonamides is 1. The number of rotatable bonds is 3. The summed E-state index contributed by atoms with van der Waals surface area (Å²) >= 11 is 0. The normalized spacial score (nSPS) is 20.5. The van der Waals surface area contributed by atoms with Crippen molar-refractivity contribution in [2.24, 2.45) is 7.05 Å². The Labute approximate surface area is 123 Å². The molecule has 7 nitrogen and oxygen atoms in total. The van der Waals surface area contributed by atoms with Crippen LogP contribution in [0.1, 0.15) is 24.6 Å².